The lowest BCUT2D eigenvalue weighted by Gasteiger charge is -2.11. The number of benzene rings is 1. The number of nitrogens with one attached hydrogen (secondary N) is 1. The van der Waals surface area contributed by atoms with Crippen molar-refractivity contribution in [2.75, 3.05) is 5.32 Å². The van der Waals surface area contributed by atoms with Gasteiger partial charge >= 0.3 is 6.18 Å². The molecule has 4 aromatic rings. The summed E-state index contributed by atoms with van der Waals surface area (Å²) >= 11 is 0. The summed E-state index contributed by atoms with van der Waals surface area (Å²) in [6.45, 7) is 8.97. The summed E-state index contributed by atoms with van der Waals surface area (Å²) in [7, 11) is 0. The average molecular weight is 406 g/mol. The Morgan fingerprint density at radius 2 is 1.73 bits per heavy atom. The zero-order valence-electron chi connectivity index (χ0n) is 15.6. The fraction of sp³-hybridized carbons (Fsp3) is 0.0952. The second-order valence-electron chi connectivity index (χ2n) is 6.48. The Labute approximate surface area is 169 Å². The van der Waals surface area contributed by atoms with Gasteiger partial charge in [0.1, 0.15) is 0 Å². The van der Waals surface area contributed by atoms with Crippen LogP contribution >= 0.6 is 0 Å². The van der Waals surface area contributed by atoms with Gasteiger partial charge in [-0.2, -0.15) is 13.2 Å². The molecule has 0 aliphatic carbocycles. The number of alkyl halides is 3. The monoisotopic (exact) mass is 406 g/mol. The number of nitrogens with zero attached hydrogens (tertiary/aromatic N) is 5. The van der Waals surface area contributed by atoms with E-state index in [1.165, 1.54) is 6.20 Å². The fourth-order valence-electron chi connectivity index (χ4n) is 2.99. The molecule has 0 saturated carbocycles. The molecule has 0 atom stereocenters. The lowest BCUT2D eigenvalue weighted by Crippen LogP contribution is -2.07. The first-order valence-electron chi connectivity index (χ1n) is 8.74. The van der Waals surface area contributed by atoms with E-state index in [9.17, 15) is 13.2 Å². The summed E-state index contributed by atoms with van der Waals surface area (Å²) < 4.78 is 38.0. The molecule has 0 aliphatic rings. The summed E-state index contributed by atoms with van der Waals surface area (Å²) in [4.78, 5) is 19.6. The van der Waals surface area contributed by atoms with Gasteiger partial charge in [0.25, 0.3) is 0 Å². The first-order valence-corrected chi connectivity index (χ1v) is 8.74. The van der Waals surface area contributed by atoms with Gasteiger partial charge in [-0.3, -0.25) is 9.97 Å². The summed E-state index contributed by atoms with van der Waals surface area (Å²) in [5.41, 5.74) is 3.29. The van der Waals surface area contributed by atoms with E-state index in [1.54, 1.807) is 18.3 Å². The Morgan fingerprint density at radius 1 is 0.967 bits per heavy atom. The lowest BCUT2D eigenvalue weighted by atomic mass is 10.0. The highest BCUT2D eigenvalue weighted by molar-refractivity contribution is 5.94. The van der Waals surface area contributed by atoms with Gasteiger partial charge in [-0.05, 0) is 30.7 Å². The summed E-state index contributed by atoms with van der Waals surface area (Å²) in [5.74, 6) is 0.0480. The first-order chi connectivity index (χ1) is 14.3. The van der Waals surface area contributed by atoms with Crippen LogP contribution < -0.4 is 5.32 Å². The number of aromatic nitrogens is 4. The van der Waals surface area contributed by atoms with E-state index in [2.05, 4.69) is 30.1 Å². The number of hydrogen-bond donors (Lipinski definition) is 1. The van der Waals surface area contributed by atoms with Crippen molar-refractivity contribution in [3.8, 4) is 11.3 Å². The van der Waals surface area contributed by atoms with Crippen LogP contribution in [0.5, 0.6) is 0 Å². The summed E-state index contributed by atoms with van der Waals surface area (Å²) in [5, 5.41) is 3.68. The maximum absolute atomic E-state index is 12.7. The molecule has 1 N–H and O–H groups in total. The molecular formula is C21H13F3N6. The molecule has 3 aromatic heterocycles. The molecule has 3 heterocycles. The van der Waals surface area contributed by atoms with Gasteiger partial charge in [0.2, 0.25) is 11.6 Å². The lowest BCUT2D eigenvalue weighted by molar-refractivity contribution is -0.138. The van der Waals surface area contributed by atoms with Crippen molar-refractivity contribution < 1.29 is 13.2 Å². The number of pyridine rings is 2. The van der Waals surface area contributed by atoms with Gasteiger partial charge in [0, 0.05) is 35.7 Å². The average Bonchev–Trinajstić information content (AvgIpc) is 2.73. The highest BCUT2D eigenvalue weighted by Crippen LogP contribution is 2.31. The third kappa shape index (κ3) is 3.75. The minimum atomic E-state index is -4.49. The minimum absolute atomic E-state index is 0.0480. The molecule has 4 rings (SSSR count). The van der Waals surface area contributed by atoms with Gasteiger partial charge in [-0.25, -0.2) is 14.8 Å². The third-order valence-corrected chi connectivity index (χ3v) is 4.43. The molecule has 9 heteroatoms. The molecule has 6 nitrogen and oxygen atoms in total. The van der Waals surface area contributed by atoms with Crippen LogP contribution in [0.3, 0.4) is 0 Å². The van der Waals surface area contributed by atoms with Crippen LogP contribution in [0.25, 0.3) is 27.0 Å². The van der Waals surface area contributed by atoms with E-state index in [0.717, 1.165) is 34.6 Å². The second-order valence-corrected chi connectivity index (χ2v) is 6.48. The fourth-order valence-corrected chi connectivity index (χ4v) is 2.99. The quantitative estimate of drug-likeness (QED) is 0.442. The highest BCUT2D eigenvalue weighted by Gasteiger charge is 2.31. The van der Waals surface area contributed by atoms with Crippen molar-refractivity contribution in [1.29, 1.82) is 0 Å². The molecule has 0 amide bonds. The Balaban J connectivity index is 1.67. The highest BCUT2D eigenvalue weighted by atomic mass is 19.4. The van der Waals surface area contributed by atoms with Crippen molar-refractivity contribution in [3.05, 3.63) is 77.7 Å². The number of fused-ring (bicyclic) bond motifs is 1. The predicted octanol–water partition coefficient (Wildman–Crippen LogP) is 5.71. The van der Waals surface area contributed by atoms with Crippen molar-refractivity contribution >= 4 is 28.2 Å². The third-order valence-electron chi connectivity index (χ3n) is 4.43. The maximum atomic E-state index is 12.7. The number of rotatable bonds is 3. The molecule has 0 fully saturated rings. The zero-order valence-corrected chi connectivity index (χ0v) is 15.6. The van der Waals surface area contributed by atoms with Gasteiger partial charge in [-0.1, -0.05) is 12.1 Å². The van der Waals surface area contributed by atoms with Gasteiger partial charge in [-0.15, -0.1) is 0 Å². The minimum Gasteiger partial charge on any atom is -0.323 e. The molecular weight excluding hydrogens is 393 g/mol. The molecule has 0 saturated heterocycles. The molecule has 30 heavy (non-hydrogen) atoms. The van der Waals surface area contributed by atoms with Crippen molar-refractivity contribution in [1.82, 2.24) is 19.9 Å². The van der Waals surface area contributed by atoms with E-state index in [-0.39, 0.29) is 5.95 Å². The van der Waals surface area contributed by atoms with Crippen LogP contribution in [0.15, 0.2) is 55.1 Å². The Morgan fingerprint density at radius 3 is 2.40 bits per heavy atom. The normalized spacial score (nSPS) is 11.3. The number of hydrogen-bond acceptors (Lipinski definition) is 5. The first kappa shape index (κ1) is 19.3. The Bertz CT molecular complexity index is 1280. The summed E-state index contributed by atoms with van der Waals surface area (Å²) in [6.07, 6.45) is 0.0847. The summed E-state index contributed by atoms with van der Waals surface area (Å²) in [6, 6.07) is 9.04. The van der Waals surface area contributed by atoms with Crippen LogP contribution in [-0.4, -0.2) is 19.9 Å². The number of aryl methyl sites for hydroxylation is 1. The smallest absolute Gasteiger partial charge is 0.323 e. The van der Waals surface area contributed by atoms with Crippen molar-refractivity contribution in [3.63, 3.8) is 0 Å². The topological polar surface area (TPSA) is 68.0 Å². The SMILES string of the molecule is [C-]#[N+]c1cnc(-c2ccc3c(Nc4ncc(C(F)(F)F)cn4)ccnc3c2)c(C)c1. The molecule has 0 bridgehead atoms. The van der Waals surface area contributed by atoms with Crippen LogP contribution in [-0.2, 0) is 6.18 Å². The molecule has 0 radical (unpaired) electrons. The van der Waals surface area contributed by atoms with E-state index >= 15 is 0 Å². The van der Waals surface area contributed by atoms with E-state index < -0.39 is 11.7 Å². The number of anilines is 2. The van der Waals surface area contributed by atoms with E-state index in [0.29, 0.717) is 16.9 Å². The van der Waals surface area contributed by atoms with E-state index in [4.69, 9.17) is 6.57 Å². The molecule has 148 valence electrons. The Hall–Kier alpha value is -4.06. The molecule has 0 aliphatic heterocycles. The Kier molecular flexibility index (Phi) is 4.75. The standard InChI is InChI=1S/C21H13F3N6/c1-12-7-15(25-2)11-27-19(12)13-3-4-16-17(5-6-26-18(16)8-13)30-20-28-9-14(10-29-20)21(22,23)24/h3-11H,1H3,(H,26,28,29,30). The molecule has 1 aromatic carbocycles. The van der Waals surface area contributed by atoms with Crippen molar-refractivity contribution in [2.24, 2.45) is 0 Å². The van der Waals surface area contributed by atoms with Gasteiger partial charge in [0.15, 0.2) is 0 Å². The maximum Gasteiger partial charge on any atom is 0.419 e. The largest absolute Gasteiger partial charge is 0.419 e. The van der Waals surface area contributed by atoms with Crippen LogP contribution in [0.1, 0.15) is 11.1 Å². The number of halogens is 3. The van der Waals surface area contributed by atoms with Gasteiger partial charge < -0.3 is 5.32 Å². The van der Waals surface area contributed by atoms with Crippen LogP contribution in [0.2, 0.25) is 0 Å². The van der Waals surface area contributed by atoms with Crippen molar-refractivity contribution in [2.45, 2.75) is 13.1 Å². The second kappa shape index (κ2) is 7.40. The molecule has 0 spiro atoms. The van der Waals surface area contributed by atoms with Crippen LogP contribution in [0.4, 0.5) is 30.5 Å². The van der Waals surface area contributed by atoms with Gasteiger partial charge in [0.05, 0.1) is 29.0 Å². The predicted molar refractivity (Wildman–Crippen MR) is 106 cm³/mol. The van der Waals surface area contributed by atoms with Crippen LogP contribution in [0, 0.1) is 13.5 Å². The van der Waals surface area contributed by atoms with E-state index in [1.807, 2.05) is 25.1 Å². The molecule has 0 unspecified atom stereocenters. The zero-order chi connectivity index (χ0) is 21.3.